The zero-order valence-corrected chi connectivity index (χ0v) is 11.2. The van der Waals surface area contributed by atoms with Gasteiger partial charge in [-0.3, -0.25) is 19.3 Å². The molecule has 3 unspecified atom stereocenters. The predicted molar refractivity (Wildman–Crippen MR) is 67.1 cm³/mol. The minimum atomic E-state index is -1.29. The summed E-state index contributed by atoms with van der Waals surface area (Å²) in [6.07, 6.45) is 0.943. The van der Waals surface area contributed by atoms with Gasteiger partial charge in [0.15, 0.2) is 0 Å². The summed E-state index contributed by atoms with van der Waals surface area (Å²) in [5.41, 5.74) is 5.00. The van der Waals surface area contributed by atoms with Gasteiger partial charge >= 0.3 is 5.97 Å². The van der Waals surface area contributed by atoms with Crippen LogP contribution in [0.5, 0.6) is 0 Å². The molecule has 0 aromatic rings. The molecule has 1 aliphatic carbocycles. The largest absolute Gasteiger partial charge is 0.480 e. The average molecular weight is 282 g/mol. The van der Waals surface area contributed by atoms with Crippen LogP contribution >= 0.6 is 0 Å². The normalized spacial score (nSPS) is 30.4. The Morgan fingerprint density at radius 2 is 1.80 bits per heavy atom. The zero-order chi connectivity index (χ0) is 15.0. The molecule has 110 valence electrons. The van der Waals surface area contributed by atoms with E-state index >= 15 is 0 Å². The van der Waals surface area contributed by atoms with Crippen molar-refractivity contribution in [3.05, 3.63) is 0 Å². The third-order valence-electron chi connectivity index (χ3n) is 4.17. The first-order valence-corrected chi connectivity index (χ1v) is 6.71. The summed E-state index contributed by atoms with van der Waals surface area (Å²) >= 11 is 0. The molecule has 7 nitrogen and oxygen atoms in total. The molecule has 3 amide bonds. The van der Waals surface area contributed by atoms with Crippen molar-refractivity contribution >= 4 is 23.7 Å². The van der Waals surface area contributed by atoms with E-state index in [-0.39, 0.29) is 12.8 Å². The molecule has 0 bridgehead atoms. The second-order valence-electron chi connectivity index (χ2n) is 5.70. The van der Waals surface area contributed by atoms with Gasteiger partial charge in [0, 0.05) is 6.42 Å². The lowest BCUT2D eigenvalue weighted by Gasteiger charge is -2.23. The number of amides is 3. The van der Waals surface area contributed by atoms with Crippen LogP contribution < -0.4 is 5.73 Å². The molecule has 2 fully saturated rings. The van der Waals surface area contributed by atoms with E-state index in [0.29, 0.717) is 18.8 Å². The van der Waals surface area contributed by atoms with E-state index in [9.17, 15) is 24.3 Å². The number of rotatable bonds is 5. The number of carboxylic acids is 1. The first kappa shape index (κ1) is 14.5. The topological polar surface area (TPSA) is 118 Å². The monoisotopic (exact) mass is 282 g/mol. The van der Waals surface area contributed by atoms with Crippen molar-refractivity contribution in [3.63, 3.8) is 0 Å². The molecule has 0 aromatic carbocycles. The van der Waals surface area contributed by atoms with E-state index in [1.165, 1.54) is 0 Å². The molecule has 1 saturated heterocycles. The Morgan fingerprint density at radius 3 is 2.20 bits per heavy atom. The molecule has 1 aliphatic heterocycles. The minimum absolute atomic E-state index is 0.128. The number of nitrogens with two attached hydrogens (primary N) is 1. The Bertz CT molecular complexity index is 451. The van der Waals surface area contributed by atoms with Gasteiger partial charge in [0.2, 0.25) is 17.7 Å². The van der Waals surface area contributed by atoms with Crippen molar-refractivity contribution < 1.29 is 24.3 Å². The Balaban J connectivity index is 2.18. The fraction of sp³-hybridized carbons (Fsp3) is 0.692. The molecule has 0 spiro atoms. The highest BCUT2D eigenvalue weighted by Crippen LogP contribution is 2.43. The van der Waals surface area contributed by atoms with Gasteiger partial charge in [-0.25, -0.2) is 4.79 Å². The van der Waals surface area contributed by atoms with Crippen LogP contribution in [0.1, 0.15) is 32.6 Å². The molecule has 20 heavy (non-hydrogen) atoms. The lowest BCUT2D eigenvalue weighted by molar-refractivity contribution is -0.155. The van der Waals surface area contributed by atoms with Crippen molar-refractivity contribution in [3.8, 4) is 0 Å². The van der Waals surface area contributed by atoms with Gasteiger partial charge in [-0.2, -0.15) is 0 Å². The van der Waals surface area contributed by atoms with Crippen molar-refractivity contribution in [2.45, 2.75) is 38.6 Å². The summed E-state index contributed by atoms with van der Waals surface area (Å²) in [6, 6.07) is -1.29. The molecule has 1 heterocycles. The molecule has 2 rings (SSSR count). The number of imide groups is 1. The van der Waals surface area contributed by atoms with Crippen molar-refractivity contribution in [2.24, 2.45) is 23.5 Å². The van der Waals surface area contributed by atoms with Gasteiger partial charge < -0.3 is 10.8 Å². The van der Waals surface area contributed by atoms with Crippen LogP contribution in [0.4, 0.5) is 0 Å². The highest BCUT2D eigenvalue weighted by atomic mass is 16.4. The first-order chi connectivity index (χ1) is 9.32. The predicted octanol–water partition coefficient (Wildman–Crippen LogP) is -0.264. The van der Waals surface area contributed by atoms with Crippen LogP contribution in [0.25, 0.3) is 0 Å². The van der Waals surface area contributed by atoms with Gasteiger partial charge in [-0.1, -0.05) is 6.92 Å². The van der Waals surface area contributed by atoms with Crippen molar-refractivity contribution in [2.75, 3.05) is 0 Å². The molecule has 7 heteroatoms. The van der Waals surface area contributed by atoms with Crippen LogP contribution in [-0.4, -0.2) is 39.7 Å². The Kier molecular flexibility index (Phi) is 3.78. The number of nitrogens with zero attached hydrogens (tertiary/aromatic N) is 1. The molecular formula is C13H18N2O5. The summed E-state index contributed by atoms with van der Waals surface area (Å²) in [6.45, 7) is 1.98. The van der Waals surface area contributed by atoms with Crippen LogP contribution in [-0.2, 0) is 19.2 Å². The van der Waals surface area contributed by atoms with E-state index in [0.717, 1.165) is 4.90 Å². The average Bonchev–Trinajstić information content (AvgIpc) is 2.82. The zero-order valence-electron chi connectivity index (χ0n) is 11.2. The summed E-state index contributed by atoms with van der Waals surface area (Å²) in [5, 5.41) is 9.20. The fourth-order valence-corrected chi connectivity index (χ4v) is 3.25. The highest BCUT2D eigenvalue weighted by Gasteiger charge is 2.54. The molecule has 0 aromatic heterocycles. The number of fused-ring (bicyclic) bond motifs is 1. The van der Waals surface area contributed by atoms with Gasteiger partial charge in [-0.15, -0.1) is 0 Å². The lowest BCUT2D eigenvalue weighted by Crippen LogP contribution is -2.46. The SMILES string of the molecule is CC1CC2C(=O)N(C(CCC(N)=O)C(=O)O)C(=O)C2C1. The highest BCUT2D eigenvalue weighted by molar-refractivity contribution is 6.08. The van der Waals surface area contributed by atoms with Crippen molar-refractivity contribution in [1.29, 1.82) is 0 Å². The van der Waals surface area contributed by atoms with Crippen LogP contribution in [0.2, 0.25) is 0 Å². The number of carbonyl (C=O) groups is 4. The van der Waals surface area contributed by atoms with Crippen LogP contribution in [0.3, 0.4) is 0 Å². The minimum Gasteiger partial charge on any atom is -0.480 e. The van der Waals surface area contributed by atoms with Crippen LogP contribution in [0, 0.1) is 17.8 Å². The molecule has 3 atom stereocenters. The molecular weight excluding hydrogens is 264 g/mol. The lowest BCUT2D eigenvalue weighted by atomic mass is 10.00. The maximum atomic E-state index is 12.3. The van der Waals surface area contributed by atoms with Gasteiger partial charge in [0.1, 0.15) is 6.04 Å². The molecule has 3 N–H and O–H groups in total. The third-order valence-corrected chi connectivity index (χ3v) is 4.17. The number of hydrogen-bond acceptors (Lipinski definition) is 4. The number of primary amides is 1. The van der Waals surface area contributed by atoms with Crippen LogP contribution in [0.15, 0.2) is 0 Å². The second-order valence-corrected chi connectivity index (χ2v) is 5.70. The number of aliphatic carboxylic acids is 1. The Labute approximate surface area is 116 Å². The number of likely N-dealkylation sites (tertiary alicyclic amines) is 1. The smallest absolute Gasteiger partial charge is 0.326 e. The summed E-state index contributed by atoms with van der Waals surface area (Å²) in [7, 11) is 0. The second kappa shape index (κ2) is 5.22. The Morgan fingerprint density at radius 1 is 1.30 bits per heavy atom. The first-order valence-electron chi connectivity index (χ1n) is 6.71. The van der Waals surface area contributed by atoms with Crippen molar-refractivity contribution in [1.82, 2.24) is 4.90 Å². The maximum Gasteiger partial charge on any atom is 0.326 e. The molecule has 1 saturated carbocycles. The molecule has 0 radical (unpaired) electrons. The maximum absolute atomic E-state index is 12.3. The standard InChI is InChI=1S/C13H18N2O5/c1-6-4-7-8(5-6)12(18)15(11(7)17)9(13(19)20)2-3-10(14)16/h6-9H,2-5H2,1H3,(H2,14,16)(H,19,20). The molecule has 2 aliphatic rings. The number of hydrogen-bond donors (Lipinski definition) is 2. The fourth-order valence-electron chi connectivity index (χ4n) is 3.25. The number of carboxylic acid groups (broad SMARTS) is 1. The summed E-state index contributed by atoms with van der Waals surface area (Å²) in [4.78, 5) is 47.4. The van der Waals surface area contributed by atoms with E-state index in [1.807, 2.05) is 6.92 Å². The van der Waals surface area contributed by atoms with Gasteiger partial charge in [-0.05, 0) is 25.2 Å². The third kappa shape index (κ3) is 2.39. The van der Waals surface area contributed by atoms with E-state index in [4.69, 9.17) is 5.73 Å². The van der Waals surface area contributed by atoms with E-state index < -0.39 is 41.6 Å². The van der Waals surface area contributed by atoms with E-state index in [2.05, 4.69) is 0 Å². The summed E-state index contributed by atoms with van der Waals surface area (Å²) in [5.74, 6) is -3.25. The quantitative estimate of drug-likeness (QED) is 0.673. The Hall–Kier alpha value is -1.92. The summed E-state index contributed by atoms with van der Waals surface area (Å²) < 4.78 is 0. The number of carbonyl (C=O) groups excluding carboxylic acids is 3. The van der Waals surface area contributed by atoms with Gasteiger partial charge in [0.25, 0.3) is 0 Å². The van der Waals surface area contributed by atoms with E-state index in [1.54, 1.807) is 0 Å². The van der Waals surface area contributed by atoms with Gasteiger partial charge in [0.05, 0.1) is 11.8 Å².